The first-order valence-corrected chi connectivity index (χ1v) is 22.6. The monoisotopic (exact) mass is 722 g/mol. The summed E-state index contributed by atoms with van der Waals surface area (Å²) < 4.78 is 12.1. The van der Waals surface area contributed by atoms with Gasteiger partial charge in [0.25, 0.3) is 0 Å². The van der Waals surface area contributed by atoms with Crippen molar-refractivity contribution in [2.24, 2.45) is 16.7 Å². The van der Waals surface area contributed by atoms with Crippen LogP contribution in [0.5, 0.6) is 0 Å². The average Bonchev–Trinajstić information content (AvgIpc) is 3.11. The van der Waals surface area contributed by atoms with Crippen molar-refractivity contribution in [3.63, 3.8) is 0 Å². The zero-order chi connectivity index (χ0) is 38.4. The molecule has 5 nitrogen and oxygen atoms in total. The molecule has 0 radical (unpaired) electrons. The third-order valence-corrected chi connectivity index (χ3v) is 12.2. The third-order valence-electron chi connectivity index (χ3n) is 12.2. The molecule has 0 spiro atoms. The second-order valence-corrected chi connectivity index (χ2v) is 17.0. The van der Waals surface area contributed by atoms with Gasteiger partial charge in [0.15, 0.2) is 0 Å². The van der Waals surface area contributed by atoms with Crippen LogP contribution in [-0.2, 0) is 19.1 Å². The predicted octanol–water partition coefficient (Wildman–Crippen LogP) is 14.0. The first kappa shape index (κ1) is 49.9. The molecule has 0 bridgehead atoms. The van der Waals surface area contributed by atoms with Gasteiger partial charge in [0.1, 0.15) is 6.10 Å². The minimum Gasteiger partial charge on any atom is -0.466 e. The normalized spacial score (nSPS) is 16.6. The summed E-state index contributed by atoms with van der Waals surface area (Å²) in [6.07, 6.45) is 31.7. The molecule has 51 heavy (non-hydrogen) atoms. The second kappa shape index (κ2) is 31.3. The minimum atomic E-state index is -0.545. The van der Waals surface area contributed by atoms with Gasteiger partial charge in [-0.05, 0) is 96.6 Å². The van der Waals surface area contributed by atoms with Gasteiger partial charge in [-0.1, -0.05) is 158 Å². The van der Waals surface area contributed by atoms with E-state index in [1.165, 1.54) is 116 Å². The van der Waals surface area contributed by atoms with Gasteiger partial charge in [-0.25, -0.2) is 0 Å². The maximum atomic E-state index is 13.9. The standard InChI is InChI=1S/C44H85NO4.C2H6/c1-9-12-15-17-18-21-25-32-39(49-42(47)44(6,7)43(4,5)40-34-27-28-35-45(40)8)33-26-22-19-20-23-29-36-48-41(46)37-38(30-14-11-3)31-24-16-13-10-2;1-2/h38-40H,9-37H2,1-8H3;1-2H3. The largest absolute Gasteiger partial charge is 0.466 e. The van der Waals surface area contributed by atoms with E-state index in [1.807, 2.05) is 13.8 Å². The number of piperidine rings is 1. The summed E-state index contributed by atoms with van der Waals surface area (Å²) in [7, 11) is 2.23. The number of carbonyl (C=O) groups excluding carboxylic acids is 2. The Balaban J connectivity index is 0.0000123. The van der Waals surface area contributed by atoms with Crippen molar-refractivity contribution in [2.45, 2.75) is 248 Å². The van der Waals surface area contributed by atoms with E-state index < -0.39 is 5.41 Å². The van der Waals surface area contributed by atoms with E-state index in [1.54, 1.807) is 0 Å². The summed E-state index contributed by atoms with van der Waals surface area (Å²) in [5.74, 6) is 0.497. The lowest BCUT2D eigenvalue weighted by Crippen LogP contribution is -2.55. The molecule has 0 N–H and O–H groups in total. The van der Waals surface area contributed by atoms with Crippen LogP contribution in [0.3, 0.4) is 0 Å². The summed E-state index contributed by atoms with van der Waals surface area (Å²) in [5.41, 5.74) is -0.710. The van der Waals surface area contributed by atoms with E-state index in [2.05, 4.69) is 60.4 Å². The summed E-state index contributed by atoms with van der Waals surface area (Å²) in [6, 6.07) is 0.400. The van der Waals surface area contributed by atoms with E-state index in [9.17, 15) is 9.59 Å². The Morgan fingerprint density at radius 1 is 0.647 bits per heavy atom. The zero-order valence-electron chi connectivity index (χ0n) is 36.3. The fourth-order valence-electron chi connectivity index (χ4n) is 7.92. The smallest absolute Gasteiger partial charge is 0.312 e. The highest BCUT2D eigenvalue weighted by Gasteiger charge is 2.50. The lowest BCUT2D eigenvalue weighted by Gasteiger charge is -2.50. The van der Waals surface area contributed by atoms with E-state index >= 15 is 0 Å². The van der Waals surface area contributed by atoms with Crippen molar-refractivity contribution in [2.75, 3.05) is 20.2 Å². The summed E-state index contributed by atoms with van der Waals surface area (Å²) in [6.45, 7) is 21.2. The fourth-order valence-corrected chi connectivity index (χ4v) is 7.92. The number of likely N-dealkylation sites (tertiary alicyclic amines) is 1. The van der Waals surface area contributed by atoms with E-state index in [0.29, 0.717) is 25.0 Å². The molecule has 3 unspecified atom stereocenters. The zero-order valence-corrected chi connectivity index (χ0v) is 36.3. The Morgan fingerprint density at radius 3 is 1.67 bits per heavy atom. The van der Waals surface area contributed by atoms with Crippen molar-refractivity contribution < 1.29 is 19.1 Å². The number of esters is 2. The number of unbranched alkanes of at least 4 members (excludes halogenated alkanes) is 15. The van der Waals surface area contributed by atoms with E-state index in [-0.39, 0.29) is 23.5 Å². The molecule has 0 saturated carbocycles. The van der Waals surface area contributed by atoms with Crippen molar-refractivity contribution in [3.8, 4) is 0 Å². The van der Waals surface area contributed by atoms with Gasteiger partial charge in [0.2, 0.25) is 0 Å². The van der Waals surface area contributed by atoms with Crippen molar-refractivity contribution >= 4 is 11.9 Å². The highest BCUT2D eigenvalue weighted by Crippen LogP contribution is 2.47. The summed E-state index contributed by atoms with van der Waals surface area (Å²) >= 11 is 0. The van der Waals surface area contributed by atoms with Gasteiger partial charge in [0, 0.05) is 12.5 Å². The van der Waals surface area contributed by atoms with Gasteiger partial charge in [0.05, 0.1) is 12.0 Å². The Hall–Kier alpha value is -1.10. The van der Waals surface area contributed by atoms with Crippen LogP contribution in [-0.4, -0.2) is 49.2 Å². The van der Waals surface area contributed by atoms with E-state index in [4.69, 9.17) is 9.47 Å². The molecule has 0 aliphatic carbocycles. The first-order chi connectivity index (χ1) is 24.5. The Morgan fingerprint density at radius 2 is 1.12 bits per heavy atom. The van der Waals surface area contributed by atoms with Crippen LogP contribution in [0.25, 0.3) is 0 Å². The molecule has 1 saturated heterocycles. The molecule has 304 valence electrons. The minimum absolute atomic E-state index is 0.00727. The molecule has 0 amide bonds. The van der Waals surface area contributed by atoms with Crippen LogP contribution in [0.2, 0.25) is 0 Å². The van der Waals surface area contributed by atoms with Crippen LogP contribution in [0, 0.1) is 16.7 Å². The molecule has 1 aliphatic rings. The molecule has 1 heterocycles. The molecule has 1 rings (SSSR count). The average molecular weight is 722 g/mol. The lowest BCUT2D eigenvalue weighted by molar-refractivity contribution is -0.171. The molecular weight excluding hydrogens is 631 g/mol. The van der Waals surface area contributed by atoms with Gasteiger partial charge in [-0.15, -0.1) is 0 Å². The van der Waals surface area contributed by atoms with Crippen LogP contribution < -0.4 is 0 Å². The summed E-state index contributed by atoms with van der Waals surface area (Å²) in [4.78, 5) is 28.9. The Bertz CT molecular complexity index is 824. The van der Waals surface area contributed by atoms with E-state index in [0.717, 1.165) is 57.9 Å². The maximum Gasteiger partial charge on any atom is 0.312 e. The van der Waals surface area contributed by atoms with Gasteiger partial charge in [-0.3, -0.25) is 9.59 Å². The SMILES string of the molecule is CC.CCCCCCCCCC(CCCCCCCCOC(=O)CC(CCCC)CCCCCC)OC(=O)C(C)(C)C(C)(C)C1CCCCN1C. The number of carbonyl (C=O) groups is 2. The molecule has 0 aromatic heterocycles. The Labute approximate surface area is 319 Å². The van der Waals surface area contributed by atoms with Crippen molar-refractivity contribution in [1.29, 1.82) is 0 Å². The molecule has 1 aliphatic heterocycles. The van der Waals surface area contributed by atoms with Crippen LogP contribution in [0.4, 0.5) is 0 Å². The highest BCUT2D eigenvalue weighted by atomic mass is 16.5. The molecule has 5 heteroatoms. The molecule has 0 aromatic rings. The van der Waals surface area contributed by atoms with Gasteiger partial charge >= 0.3 is 11.9 Å². The third kappa shape index (κ3) is 22.0. The number of hydrogen-bond acceptors (Lipinski definition) is 5. The Kier molecular flexibility index (Phi) is 30.6. The number of nitrogens with zero attached hydrogens (tertiary/aromatic N) is 1. The predicted molar refractivity (Wildman–Crippen MR) is 221 cm³/mol. The quantitative estimate of drug-likeness (QED) is 0.0527. The van der Waals surface area contributed by atoms with Crippen LogP contribution in [0.1, 0.15) is 236 Å². The topological polar surface area (TPSA) is 55.8 Å². The number of hydrogen-bond donors (Lipinski definition) is 0. The van der Waals surface area contributed by atoms with Gasteiger partial charge < -0.3 is 14.4 Å². The number of rotatable bonds is 31. The maximum absolute atomic E-state index is 13.9. The van der Waals surface area contributed by atoms with Crippen molar-refractivity contribution in [1.82, 2.24) is 4.90 Å². The molecule has 0 aromatic carbocycles. The molecular formula is C46H91NO4. The van der Waals surface area contributed by atoms with Crippen LogP contribution >= 0.6 is 0 Å². The molecule has 1 fully saturated rings. The fraction of sp³-hybridized carbons (Fsp3) is 0.957. The molecule has 3 atom stereocenters. The first-order valence-electron chi connectivity index (χ1n) is 22.6. The summed E-state index contributed by atoms with van der Waals surface area (Å²) in [5, 5.41) is 0. The van der Waals surface area contributed by atoms with Gasteiger partial charge in [-0.2, -0.15) is 0 Å². The second-order valence-electron chi connectivity index (χ2n) is 17.0. The number of ether oxygens (including phenoxy) is 2. The van der Waals surface area contributed by atoms with Crippen LogP contribution in [0.15, 0.2) is 0 Å². The lowest BCUT2D eigenvalue weighted by atomic mass is 9.62. The highest BCUT2D eigenvalue weighted by molar-refractivity contribution is 5.77. The van der Waals surface area contributed by atoms with Crippen molar-refractivity contribution in [3.05, 3.63) is 0 Å².